The molecule has 1 unspecified atom stereocenters. The number of aromatic hydroxyl groups is 1. The average Bonchev–Trinajstić information content (AvgIpc) is 2.32. The smallest absolute Gasteiger partial charge is 0.126 e. The van der Waals surface area contributed by atoms with Gasteiger partial charge in [-0.3, -0.25) is 0 Å². The first-order valence-corrected chi connectivity index (χ1v) is 6.75. The van der Waals surface area contributed by atoms with Crippen molar-refractivity contribution in [2.75, 3.05) is 5.32 Å². The van der Waals surface area contributed by atoms with Gasteiger partial charge in [0.25, 0.3) is 0 Å². The Morgan fingerprint density at radius 2 is 1.74 bits per heavy atom. The van der Waals surface area contributed by atoms with Crippen molar-refractivity contribution in [1.82, 2.24) is 0 Å². The average molecular weight is 375 g/mol. The van der Waals surface area contributed by atoms with Crippen LogP contribution in [-0.4, -0.2) is 5.11 Å². The molecule has 0 radical (unpaired) electrons. The Labute approximate surface area is 123 Å². The highest BCUT2D eigenvalue weighted by Crippen LogP contribution is 2.29. The summed E-state index contributed by atoms with van der Waals surface area (Å²) in [4.78, 5) is 0. The highest BCUT2D eigenvalue weighted by molar-refractivity contribution is 14.1. The van der Waals surface area contributed by atoms with Gasteiger partial charge in [-0.1, -0.05) is 6.07 Å². The van der Waals surface area contributed by atoms with Crippen LogP contribution in [0.25, 0.3) is 0 Å². The lowest BCUT2D eigenvalue weighted by Crippen LogP contribution is -2.08. The third-order valence-electron chi connectivity index (χ3n) is 2.76. The van der Waals surface area contributed by atoms with Crippen molar-refractivity contribution in [2.45, 2.75) is 13.0 Å². The van der Waals surface area contributed by atoms with Gasteiger partial charge in [-0.05, 0) is 53.8 Å². The summed E-state index contributed by atoms with van der Waals surface area (Å²) in [6, 6.07) is 8.08. The molecule has 100 valence electrons. The number of phenols is 1. The maximum atomic E-state index is 13.0. The molecule has 0 aromatic heterocycles. The number of hydrogen-bond acceptors (Lipinski definition) is 2. The van der Waals surface area contributed by atoms with Crippen LogP contribution >= 0.6 is 22.6 Å². The number of halogens is 3. The normalized spacial score (nSPS) is 12.2. The molecule has 0 spiro atoms. The highest BCUT2D eigenvalue weighted by Gasteiger charge is 2.12. The molecular weight excluding hydrogens is 363 g/mol. The first kappa shape index (κ1) is 14.0. The van der Waals surface area contributed by atoms with Crippen molar-refractivity contribution < 1.29 is 13.9 Å². The van der Waals surface area contributed by atoms with Gasteiger partial charge >= 0.3 is 0 Å². The summed E-state index contributed by atoms with van der Waals surface area (Å²) in [6.45, 7) is 1.84. The second-order valence-electron chi connectivity index (χ2n) is 4.19. The van der Waals surface area contributed by atoms with E-state index in [0.717, 1.165) is 15.3 Å². The summed E-state index contributed by atoms with van der Waals surface area (Å²) in [5, 5.41) is 12.9. The van der Waals surface area contributed by atoms with E-state index in [-0.39, 0.29) is 17.6 Å². The Bertz CT molecular complexity index is 604. The summed E-state index contributed by atoms with van der Waals surface area (Å²) >= 11 is 2.03. The van der Waals surface area contributed by atoms with Gasteiger partial charge in [-0.25, -0.2) is 8.78 Å². The minimum Gasteiger partial charge on any atom is -0.507 e. The molecule has 2 aromatic rings. The van der Waals surface area contributed by atoms with Crippen molar-refractivity contribution in [1.29, 1.82) is 0 Å². The second-order valence-corrected chi connectivity index (χ2v) is 5.36. The molecule has 0 amide bonds. The number of benzene rings is 2. The Morgan fingerprint density at radius 1 is 1.11 bits per heavy atom. The van der Waals surface area contributed by atoms with Crippen LogP contribution in [-0.2, 0) is 0 Å². The zero-order chi connectivity index (χ0) is 14.0. The van der Waals surface area contributed by atoms with Crippen LogP contribution in [0.1, 0.15) is 18.5 Å². The van der Waals surface area contributed by atoms with Crippen LogP contribution in [0.2, 0.25) is 0 Å². The predicted molar refractivity (Wildman–Crippen MR) is 79.2 cm³/mol. The molecule has 0 aliphatic rings. The molecule has 0 fully saturated rings. The van der Waals surface area contributed by atoms with E-state index in [9.17, 15) is 13.9 Å². The molecule has 19 heavy (non-hydrogen) atoms. The fraction of sp³-hybridized carbons (Fsp3) is 0.143. The Kier molecular flexibility index (Phi) is 4.24. The fourth-order valence-corrected chi connectivity index (χ4v) is 2.43. The SMILES string of the molecule is CC(Nc1ccc(F)cc1I)c1ccc(F)cc1O. The maximum absolute atomic E-state index is 13.0. The van der Waals surface area contributed by atoms with Crippen molar-refractivity contribution in [3.05, 3.63) is 57.2 Å². The van der Waals surface area contributed by atoms with Crippen LogP contribution in [0.4, 0.5) is 14.5 Å². The Balaban J connectivity index is 2.23. The molecule has 2 rings (SSSR count). The molecule has 2 aromatic carbocycles. The van der Waals surface area contributed by atoms with Gasteiger partial charge < -0.3 is 10.4 Å². The third kappa shape index (κ3) is 3.34. The van der Waals surface area contributed by atoms with Crippen LogP contribution in [0.3, 0.4) is 0 Å². The molecule has 0 heterocycles. The molecule has 1 atom stereocenters. The van der Waals surface area contributed by atoms with Gasteiger partial charge in [0.2, 0.25) is 0 Å². The van der Waals surface area contributed by atoms with E-state index < -0.39 is 5.82 Å². The van der Waals surface area contributed by atoms with Gasteiger partial charge in [0, 0.05) is 20.9 Å². The summed E-state index contributed by atoms with van der Waals surface area (Å²) < 4.78 is 26.7. The van der Waals surface area contributed by atoms with Gasteiger partial charge in [-0.15, -0.1) is 0 Å². The van der Waals surface area contributed by atoms with Gasteiger partial charge in [-0.2, -0.15) is 0 Å². The largest absolute Gasteiger partial charge is 0.507 e. The molecule has 0 bridgehead atoms. The number of rotatable bonds is 3. The Hall–Kier alpha value is -1.37. The van der Waals surface area contributed by atoms with E-state index in [2.05, 4.69) is 5.32 Å². The molecule has 5 heteroatoms. The van der Waals surface area contributed by atoms with E-state index in [4.69, 9.17) is 0 Å². The minimum atomic E-state index is -0.482. The summed E-state index contributed by atoms with van der Waals surface area (Å²) in [5.41, 5.74) is 1.35. The van der Waals surface area contributed by atoms with Gasteiger partial charge in [0.15, 0.2) is 0 Å². The van der Waals surface area contributed by atoms with Crippen LogP contribution < -0.4 is 5.32 Å². The summed E-state index contributed by atoms with van der Waals surface area (Å²) in [6.07, 6.45) is 0. The summed E-state index contributed by atoms with van der Waals surface area (Å²) in [5.74, 6) is -0.880. The lowest BCUT2D eigenvalue weighted by atomic mass is 10.1. The van der Waals surface area contributed by atoms with E-state index in [1.807, 2.05) is 29.5 Å². The number of phenolic OH excluding ortho intramolecular Hbond substituents is 1. The highest BCUT2D eigenvalue weighted by atomic mass is 127. The topological polar surface area (TPSA) is 32.3 Å². The lowest BCUT2D eigenvalue weighted by molar-refractivity contribution is 0.459. The number of hydrogen-bond donors (Lipinski definition) is 2. The quantitative estimate of drug-likeness (QED) is 0.778. The van der Waals surface area contributed by atoms with E-state index in [1.165, 1.54) is 24.3 Å². The molecule has 2 N–H and O–H groups in total. The molecular formula is C14H12F2INO. The molecule has 2 nitrogen and oxygen atoms in total. The van der Waals surface area contributed by atoms with Crippen molar-refractivity contribution in [2.24, 2.45) is 0 Å². The Morgan fingerprint density at radius 3 is 2.37 bits per heavy atom. The molecule has 0 saturated carbocycles. The van der Waals surface area contributed by atoms with Crippen molar-refractivity contribution >= 4 is 28.3 Å². The second kappa shape index (κ2) is 5.73. The maximum Gasteiger partial charge on any atom is 0.126 e. The van der Waals surface area contributed by atoms with E-state index >= 15 is 0 Å². The number of anilines is 1. The first-order chi connectivity index (χ1) is 8.97. The van der Waals surface area contributed by atoms with Gasteiger partial charge in [0.05, 0.1) is 6.04 Å². The monoisotopic (exact) mass is 375 g/mol. The van der Waals surface area contributed by atoms with Crippen molar-refractivity contribution in [3.63, 3.8) is 0 Å². The standard InChI is InChI=1S/C14H12F2INO/c1-8(11-4-2-10(16)7-14(11)19)18-13-5-3-9(15)6-12(13)17/h2-8,18-19H,1H3. The van der Waals surface area contributed by atoms with E-state index in [0.29, 0.717) is 5.56 Å². The fourth-order valence-electron chi connectivity index (χ4n) is 1.80. The molecule has 0 aliphatic heterocycles. The lowest BCUT2D eigenvalue weighted by Gasteiger charge is -2.18. The number of nitrogens with one attached hydrogen (secondary N) is 1. The van der Waals surface area contributed by atoms with Crippen LogP contribution in [0.5, 0.6) is 5.75 Å². The van der Waals surface area contributed by atoms with Gasteiger partial charge in [0.1, 0.15) is 17.4 Å². The predicted octanol–water partition coefficient (Wildman–Crippen LogP) is 4.45. The van der Waals surface area contributed by atoms with Crippen LogP contribution in [0, 0.1) is 15.2 Å². The minimum absolute atomic E-state index is 0.0999. The molecule has 0 aliphatic carbocycles. The zero-order valence-electron chi connectivity index (χ0n) is 10.1. The van der Waals surface area contributed by atoms with Crippen molar-refractivity contribution in [3.8, 4) is 5.75 Å². The van der Waals surface area contributed by atoms with E-state index in [1.54, 1.807) is 6.07 Å². The molecule has 0 saturated heterocycles. The summed E-state index contributed by atoms with van der Waals surface area (Å²) in [7, 11) is 0. The first-order valence-electron chi connectivity index (χ1n) is 5.67. The zero-order valence-corrected chi connectivity index (χ0v) is 12.3. The van der Waals surface area contributed by atoms with Crippen LogP contribution in [0.15, 0.2) is 36.4 Å². The third-order valence-corrected chi connectivity index (χ3v) is 3.65.